The van der Waals surface area contributed by atoms with E-state index >= 15 is 0 Å². The van der Waals surface area contributed by atoms with E-state index in [4.69, 9.17) is 11.6 Å². The molecule has 1 aromatic rings. The normalized spacial score (nSPS) is 27.5. The zero-order valence-electron chi connectivity index (χ0n) is 11.7. The van der Waals surface area contributed by atoms with Crippen LogP contribution in [-0.4, -0.2) is 30.1 Å². The van der Waals surface area contributed by atoms with E-state index < -0.39 is 0 Å². The quantitative estimate of drug-likeness (QED) is 0.912. The Morgan fingerprint density at radius 3 is 3.00 bits per heavy atom. The topological polar surface area (TPSA) is 15.3 Å². The largest absolute Gasteiger partial charge is 0.308 e. The fourth-order valence-electron chi connectivity index (χ4n) is 3.52. The summed E-state index contributed by atoms with van der Waals surface area (Å²) >= 11 is 6.30. The minimum absolute atomic E-state index is 0.651. The summed E-state index contributed by atoms with van der Waals surface area (Å²) in [5.74, 6) is 0. The molecule has 2 fully saturated rings. The molecule has 0 saturated carbocycles. The molecule has 3 heteroatoms. The Bertz CT molecular complexity index is 446. The molecule has 2 aliphatic heterocycles. The molecule has 0 spiro atoms. The van der Waals surface area contributed by atoms with Crippen LogP contribution in [0.1, 0.15) is 36.8 Å². The summed E-state index contributed by atoms with van der Waals surface area (Å²) in [7, 11) is 0. The molecule has 2 heterocycles. The third kappa shape index (κ3) is 2.96. The van der Waals surface area contributed by atoms with E-state index in [2.05, 4.69) is 35.3 Å². The van der Waals surface area contributed by atoms with Gasteiger partial charge < -0.3 is 5.32 Å². The van der Waals surface area contributed by atoms with Crippen molar-refractivity contribution in [2.24, 2.45) is 0 Å². The standard InChI is InChI=1S/C16H23ClN2/c1-12-5-6-13(14(17)10-12)11-18-15-7-9-19-8-3-2-4-16(15)19/h5-6,10,15-16,18H,2-4,7-9,11H2,1H3. The van der Waals surface area contributed by atoms with Gasteiger partial charge in [0.25, 0.3) is 0 Å². The van der Waals surface area contributed by atoms with Crippen LogP contribution in [0.25, 0.3) is 0 Å². The second-order valence-electron chi connectivity index (χ2n) is 5.97. The van der Waals surface area contributed by atoms with Gasteiger partial charge in [0.1, 0.15) is 0 Å². The maximum atomic E-state index is 6.30. The molecule has 1 N–H and O–H groups in total. The predicted octanol–water partition coefficient (Wildman–Crippen LogP) is 3.36. The fraction of sp³-hybridized carbons (Fsp3) is 0.625. The molecular formula is C16H23ClN2. The number of hydrogen-bond donors (Lipinski definition) is 1. The Balaban J connectivity index is 1.60. The third-order valence-corrected chi connectivity index (χ3v) is 4.97. The number of benzene rings is 1. The number of aryl methyl sites for hydroxylation is 1. The van der Waals surface area contributed by atoms with E-state index in [9.17, 15) is 0 Å². The van der Waals surface area contributed by atoms with Crippen LogP contribution in [0.15, 0.2) is 18.2 Å². The summed E-state index contributed by atoms with van der Waals surface area (Å²) in [6, 6.07) is 7.76. The smallest absolute Gasteiger partial charge is 0.0453 e. The maximum absolute atomic E-state index is 6.30. The van der Waals surface area contributed by atoms with Crippen LogP contribution in [0.5, 0.6) is 0 Å². The van der Waals surface area contributed by atoms with Gasteiger partial charge in [0, 0.05) is 30.2 Å². The second-order valence-corrected chi connectivity index (χ2v) is 6.38. The number of piperidine rings is 1. The predicted molar refractivity (Wildman–Crippen MR) is 80.6 cm³/mol. The first-order chi connectivity index (χ1) is 9.24. The van der Waals surface area contributed by atoms with Crippen LogP contribution < -0.4 is 5.32 Å². The molecule has 2 aliphatic rings. The minimum atomic E-state index is 0.651. The van der Waals surface area contributed by atoms with E-state index in [0.29, 0.717) is 6.04 Å². The summed E-state index contributed by atoms with van der Waals surface area (Å²) in [5, 5.41) is 4.63. The van der Waals surface area contributed by atoms with Crippen LogP contribution in [-0.2, 0) is 6.54 Å². The molecule has 19 heavy (non-hydrogen) atoms. The van der Waals surface area contributed by atoms with Crippen molar-refractivity contribution in [1.82, 2.24) is 10.2 Å². The molecular weight excluding hydrogens is 256 g/mol. The van der Waals surface area contributed by atoms with Crippen molar-refractivity contribution in [2.75, 3.05) is 13.1 Å². The number of halogens is 1. The highest BCUT2D eigenvalue weighted by Crippen LogP contribution is 2.27. The first-order valence-corrected chi connectivity index (χ1v) is 7.84. The van der Waals surface area contributed by atoms with E-state index in [1.807, 2.05) is 0 Å². The Morgan fingerprint density at radius 1 is 1.26 bits per heavy atom. The molecule has 3 rings (SSSR count). The van der Waals surface area contributed by atoms with E-state index in [0.717, 1.165) is 17.6 Å². The van der Waals surface area contributed by atoms with Gasteiger partial charge in [-0.15, -0.1) is 0 Å². The molecule has 104 valence electrons. The lowest BCUT2D eigenvalue weighted by Gasteiger charge is -2.32. The number of nitrogens with zero attached hydrogens (tertiary/aromatic N) is 1. The molecule has 2 saturated heterocycles. The molecule has 2 nitrogen and oxygen atoms in total. The van der Waals surface area contributed by atoms with Gasteiger partial charge in [0.15, 0.2) is 0 Å². The molecule has 2 atom stereocenters. The third-order valence-electron chi connectivity index (χ3n) is 4.62. The molecule has 0 aliphatic carbocycles. The molecule has 0 radical (unpaired) electrons. The summed E-state index contributed by atoms with van der Waals surface area (Å²) in [6.45, 7) is 5.55. The Hall–Kier alpha value is -0.570. The monoisotopic (exact) mass is 278 g/mol. The lowest BCUT2D eigenvalue weighted by Crippen LogP contribution is -2.44. The first kappa shape index (κ1) is 13.4. The van der Waals surface area contributed by atoms with Crippen LogP contribution in [0.3, 0.4) is 0 Å². The van der Waals surface area contributed by atoms with Crippen molar-refractivity contribution in [3.63, 3.8) is 0 Å². The lowest BCUT2D eigenvalue weighted by molar-refractivity contribution is 0.180. The molecule has 1 aromatic carbocycles. The summed E-state index contributed by atoms with van der Waals surface area (Å²) in [4.78, 5) is 2.66. The van der Waals surface area contributed by atoms with E-state index in [1.165, 1.54) is 49.9 Å². The Morgan fingerprint density at radius 2 is 2.16 bits per heavy atom. The zero-order chi connectivity index (χ0) is 13.2. The highest BCUT2D eigenvalue weighted by atomic mass is 35.5. The van der Waals surface area contributed by atoms with Gasteiger partial charge >= 0.3 is 0 Å². The first-order valence-electron chi connectivity index (χ1n) is 7.46. The fourth-order valence-corrected chi connectivity index (χ4v) is 3.82. The summed E-state index contributed by atoms with van der Waals surface area (Å²) in [5.41, 5.74) is 2.45. The number of rotatable bonds is 3. The summed E-state index contributed by atoms with van der Waals surface area (Å²) < 4.78 is 0. The van der Waals surface area contributed by atoms with E-state index in [-0.39, 0.29) is 0 Å². The van der Waals surface area contributed by atoms with Crippen molar-refractivity contribution in [1.29, 1.82) is 0 Å². The minimum Gasteiger partial charge on any atom is -0.308 e. The van der Waals surface area contributed by atoms with Crippen molar-refractivity contribution >= 4 is 11.6 Å². The molecule has 0 bridgehead atoms. The molecule has 0 aromatic heterocycles. The van der Waals surface area contributed by atoms with Gasteiger partial charge in [-0.3, -0.25) is 4.90 Å². The van der Waals surface area contributed by atoms with Gasteiger partial charge in [0.2, 0.25) is 0 Å². The van der Waals surface area contributed by atoms with Crippen LogP contribution >= 0.6 is 11.6 Å². The van der Waals surface area contributed by atoms with Crippen LogP contribution in [0.4, 0.5) is 0 Å². The van der Waals surface area contributed by atoms with Gasteiger partial charge in [-0.1, -0.05) is 30.2 Å². The second kappa shape index (κ2) is 5.82. The lowest BCUT2D eigenvalue weighted by atomic mass is 9.99. The number of fused-ring (bicyclic) bond motifs is 1. The van der Waals surface area contributed by atoms with Gasteiger partial charge in [0.05, 0.1) is 0 Å². The van der Waals surface area contributed by atoms with Gasteiger partial charge in [-0.25, -0.2) is 0 Å². The maximum Gasteiger partial charge on any atom is 0.0453 e. The Labute approximate surface area is 121 Å². The highest BCUT2D eigenvalue weighted by Gasteiger charge is 2.34. The Kier molecular flexibility index (Phi) is 4.11. The van der Waals surface area contributed by atoms with Gasteiger partial charge in [-0.05, 0) is 49.9 Å². The van der Waals surface area contributed by atoms with Gasteiger partial charge in [-0.2, -0.15) is 0 Å². The van der Waals surface area contributed by atoms with E-state index in [1.54, 1.807) is 0 Å². The summed E-state index contributed by atoms with van der Waals surface area (Å²) in [6.07, 6.45) is 5.42. The average Bonchev–Trinajstić information content (AvgIpc) is 2.81. The van der Waals surface area contributed by atoms with Crippen molar-refractivity contribution in [3.05, 3.63) is 34.3 Å². The van der Waals surface area contributed by atoms with Crippen LogP contribution in [0.2, 0.25) is 5.02 Å². The molecule has 0 amide bonds. The van der Waals surface area contributed by atoms with Crippen LogP contribution in [0, 0.1) is 6.92 Å². The van der Waals surface area contributed by atoms with Crippen molar-refractivity contribution in [3.8, 4) is 0 Å². The number of nitrogens with one attached hydrogen (secondary N) is 1. The number of hydrogen-bond acceptors (Lipinski definition) is 2. The SMILES string of the molecule is Cc1ccc(CNC2CCN3CCCCC23)c(Cl)c1. The highest BCUT2D eigenvalue weighted by molar-refractivity contribution is 6.31. The van der Waals surface area contributed by atoms with Crippen molar-refractivity contribution < 1.29 is 0 Å². The van der Waals surface area contributed by atoms with Crippen molar-refractivity contribution in [2.45, 2.75) is 51.2 Å². The molecule has 2 unspecified atom stereocenters. The zero-order valence-corrected chi connectivity index (χ0v) is 12.4. The average molecular weight is 279 g/mol.